The van der Waals surface area contributed by atoms with Crippen LogP contribution in [-0.4, -0.2) is 32.2 Å². The molecular formula is C25H31ClFIN2O4S. The minimum Gasteiger partial charge on any atom is -0.346 e. The first kappa shape index (κ1) is 29.5. The molecule has 10 heteroatoms. The average Bonchev–Trinajstić information content (AvgIpc) is 2.77. The number of benzene rings is 2. The summed E-state index contributed by atoms with van der Waals surface area (Å²) in [5.74, 6) is -0.963. The third kappa shape index (κ3) is 8.15. The first-order valence-corrected chi connectivity index (χ1v) is 14.3. The highest BCUT2D eigenvalue weighted by molar-refractivity contribution is 14.1. The van der Waals surface area contributed by atoms with Crippen molar-refractivity contribution in [2.24, 2.45) is 5.92 Å². The molecule has 35 heavy (non-hydrogen) atoms. The first-order chi connectivity index (χ1) is 16.3. The number of nitrogens with zero attached hydrogens (tertiary/aromatic N) is 1. The number of ketones is 1. The van der Waals surface area contributed by atoms with Crippen molar-refractivity contribution < 1.29 is 22.4 Å². The van der Waals surface area contributed by atoms with Gasteiger partial charge in [0, 0.05) is 21.1 Å². The summed E-state index contributed by atoms with van der Waals surface area (Å²) in [6.45, 7) is 6.91. The minimum atomic E-state index is -4.08. The number of halogens is 3. The van der Waals surface area contributed by atoms with Gasteiger partial charge in [0.1, 0.15) is 5.82 Å². The highest BCUT2D eigenvalue weighted by Crippen LogP contribution is 2.32. The molecule has 2 aromatic rings. The van der Waals surface area contributed by atoms with Gasteiger partial charge >= 0.3 is 0 Å². The molecule has 1 N–H and O–H groups in total. The fraction of sp³-hybridized carbons (Fsp3) is 0.440. The van der Waals surface area contributed by atoms with Crippen molar-refractivity contribution in [3.8, 4) is 0 Å². The van der Waals surface area contributed by atoms with Crippen LogP contribution < -0.4 is 9.62 Å². The highest BCUT2D eigenvalue weighted by Gasteiger charge is 2.31. The monoisotopic (exact) mass is 636 g/mol. The van der Waals surface area contributed by atoms with Gasteiger partial charge in [-0.1, -0.05) is 31.9 Å². The van der Waals surface area contributed by atoms with Gasteiger partial charge in [-0.05, 0) is 97.7 Å². The summed E-state index contributed by atoms with van der Waals surface area (Å²) in [6.07, 6.45) is 1.66. The summed E-state index contributed by atoms with van der Waals surface area (Å²) in [5, 5.41) is 3.16. The van der Waals surface area contributed by atoms with Gasteiger partial charge in [0.15, 0.2) is 5.78 Å². The molecule has 6 nitrogen and oxygen atoms in total. The number of hydrogen-bond donors (Lipinski definition) is 1. The predicted molar refractivity (Wildman–Crippen MR) is 146 cm³/mol. The van der Waals surface area contributed by atoms with Gasteiger partial charge in [-0.15, -0.1) is 0 Å². The van der Waals surface area contributed by atoms with Crippen LogP contribution >= 0.6 is 34.2 Å². The maximum absolute atomic E-state index is 14.8. The second-order valence-electron chi connectivity index (χ2n) is 8.85. The van der Waals surface area contributed by atoms with E-state index in [2.05, 4.69) is 5.32 Å². The van der Waals surface area contributed by atoms with E-state index in [9.17, 15) is 22.4 Å². The summed E-state index contributed by atoms with van der Waals surface area (Å²) in [4.78, 5) is 24.0. The Labute approximate surface area is 225 Å². The van der Waals surface area contributed by atoms with Crippen molar-refractivity contribution in [2.75, 3.05) is 4.31 Å². The molecule has 0 radical (unpaired) electrons. The zero-order valence-electron chi connectivity index (χ0n) is 20.2. The molecule has 0 saturated carbocycles. The van der Waals surface area contributed by atoms with E-state index in [1.165, 1.54) is 43.3 Å². The third-order valence-electron chi connectivity index (χ3n) is 5.61. The zero-order chi connectivity index (χ0) is 26.3. The van der Waals surface area contributed by atoms with Crippen molar-refractivity contribution >= 4 is 61.6 Å². The van der Waals surface area contributed by atoms with Crippen molar-refractivity contribution in [2.45, 2.75) is 70.4 Å². The van der Waals surface area contributed by atoms with Gasteiger partial charge in [-0.3, -0.25) is 13.9 Å². The average molecular weight is 637 g/mol. The van der Waals surface area contributed by atoms with Crippen LogP contribution in [0.4, 0.5) is 10.1 Å². The number of carbonyl (C=O) groups is 2. The van der Waals surface area contributed by atoms with Gasteiger partial charge in [0.25, 0.3) is 10.0 Å². The van der Waals surface area contributed by atoms with Crippen molar-refractivity contribution in [3.63, 3.8) is 0 Å². The number of nitrogens with one attached hydrogen (secondary N) is 1. The van der Waals surface area contributed by atoms with Crippen LogP contribution in [0.3, 0.4) is 0 Å². The van der Waals surface area contributed by atoms with E-state index in [0.717, 1.165) is 4.31 Å². The molecule has 192 valence electrons. The Hall–Kier alpha value is -1.72. The largest absolute Gasteiger partial charge is 0.346 e. The smallest absolute Gasteiger partial charge is 0.264 e. The number of amides is 1. The van der Waals surface area contributed by atoms with E-state index >= 15 is 0 Å². The second kappa shape index (κ2) is 13.0. The Morgan fingerprint density at radius 1 is 1.09 bits per heavy atom. The number of sulfonamides is 1. The molecule has 0 fully saturated rings. The molecule has 0 saturated heterocycles. The Morgan fingerprint density at radius 2 is 1.71 bits per heavy atom. The Balaban J connectivity index is 2.17. The van der Waals surface area contributed by atoms with Crippen LogP contribution in [0, 0.1) is 15.3 Å². The number of anilines is 1. The molecule has 0 aromatic heterocycles. The number of hydrogen-bond acceptors (Lipinski definition) is 4. The lowest BCUT2D eigenvalue weighted by Crippen LogP contribution is -2.43. The molecule has 2 rings (SSSR count). The third-order valence-corrected chi connectivity index (χ3v) is 8.48. The number of Topliss-reactive ketones (excluding diaryl/α,β-unsaturated/α-hetero) is 1. The van der Waals surface area contributed by atoms with Crippen molar-refractivity contribution in [1.29, 1.82) is 0 Å². The predicted octanol–water partition coefficient (Wildman–Crippen LogP) is 5.96. The molecule has 0 heterocycles. The molecule has 0 spiro atoms. The summed E-state index contributed by atoms with van der Waals surface area (Å²) in [6, 6.07) is 8.97. The fourth-order valence-corrected chi connectivity index (χ4v) is 6.09. The van der Waals surface area contributed by atoms with E-state index in [-0.39, 0.29) is 34.6 Å². The van der Waals surface area contributed by atoms with Gasteiger partial charge < -0.3 is 5.32 Å². The van der Waals surface area contributed by atoms with Gasteiger partial charge in [0.2, 0.25) is 5.91 Å². The van der Waals surface area contributed by atoms with E-state index < -0.39 is 27.9 Å². The van der Waals surface area contributed by atoms with Gasteiger partial charge in [0.05, 0.1) is 16.6 Å². The molecule has 0 aliphatic rings. The Bertz CT molecular complexity index is 1140. The van der Waals surface area contributed by atoms with E-state index in [1.54, 1.807) is 13.0 Å². The molecule has 2 atom stereocenters. The van der Waals surface area contributed by atoms with Crippen molar-refractivity contribution in [1.82, 2.24) is 5.32 Å². The SMILES string of the molecule is CC(=O)C(NC(=O)CCCCC(C)N(c1cc(I)ccc1F)S(=O)(=O)c1ccc(Cl)cc1)C(C)C. The number of carbonyl (C=O) groups excluding carboxylic acids is 2. The van der Waals surface area contributed by atoms with E-state index in [0.29, 0.717) is 27.9 Å². The van der Waals surface area contributed by atoms with Crippen LogP contribution in [0.15, 0.2) is 47.4 Å². The Kier molecular flexibility index (Phi) is 11.0. The zero-order valence-corrected chi connectivity index (χ0v) is 24.0. The molecule has 0 bridgehead atoms. The summed E-state index contributed by atoms with van der Waals surface area (Å²) >= 11 is 7.93. The molecule has 1 amide bonds. The van der Waals surface area contributed by atoms with Crippen LogP contribution in [-0.2, 0) is 19.6 Å². The van der Waals surface area contributed by atoms with Gasteiger partial charge in [-0.2, -0.15) is 0 Å². The van der Waals surface area contributed by atoms with Crippen LogP contribution in [0.1, 0.15) is 53.4 Å². The number of unbranched alkanes of at least 4 members (excludes halogenated alkanes) is 1. The molecule has 2 aromatic carbocycles. The lowest BCUT2D eigenvalue weighted by molar-refractivity contribution is -0.127. The Morgan fingerprint density at radius 3 is 2.29 bits per heavy atom. The number of rotatable bonds is 12. The van der Waals surface area contributed by atoms with Gasteiger partial charge in [-0.25, -0.2) is 12.8 Å². The molecule has 0 aliphatic carbocycles. The van der Waals surface area contributed by atoms with Crippen LogP contribution in [0.2, 0.25) is 5.02 Å². The lowest BCUT2D eigenvalue weighted by Gasteiger charge is -2.31. The second-order valence-corrected chi connectivity index (χ2v) is 12.3. The topological polar surface area (TPSA) is 83.6 Å². The standard InChI is InChI=1S/C25H31ClFIN2O4S/c1-16(2)25(18(4)31)29-24(32)8-6-5-7-17(3)30(23-15-20(28)11-14-22(23)27)35(33,34)21-12-9-19(26)10-13-21/h9-17,25H,5-8H2,1-4H3,(H,29,32). The first-order valence-electron chi connectivity index (χ1n) is 11.4. The molecular weight excluding hydrogens is 606 g/mol. The molecule has 0 aliphatic heterocycles. The van der Waals surface area contributed by atoms with Crippen LogP contribution in [0.25, 0.3) is 0 Å². The highest BCUT2D eigenvalue weighted by atomic mass is 127. The maximum atomic E-state index is 14.8. The van der Waals surface area contributed by atoms with E-state index in [1.807, 2.05) is 36.4 Å². The van der Waals surface area contributed by atoms with E-state index in [4.69, 9.17) is 11.6 Å². The molecule has 2 unspecified atom stereocenters. The normalized spacial score (nSPS) is 13.4. The minimum absolute atomic E-state index is 0.00771. The summed E-state index contributed by atoms with van der Waals surface area (Å²) in [5.41, 5.74) is -0.0293. The quantitative estimate of drug-likeness (QED) is 0.230. The summed E-state index contributed by atoms with van der Waals surface area (Å²) in [7, 11) is -4.08. The fourth-order valence-electron chi connectivity index (χ4n) is 3.80. The van der Waals surface area contributed by atoms with Crippen LogP contribution in [0.5, 0.6) is 0 Å². The van der Waals surface area contributed by atoms with Crippen molar-refractivity contribution in [3.05, 3.63) is 56.9 Å². The lowest BCUT2D eigenvalue weighted by atomic mass is 10.0. The maximum Gasteiger partial charge on any atom is 0.264 e. The summed E-state index contributed by atoms with van der Waals surface area (Å²) < 4.78 is 43.7.